The predicted molar refractivity (Wildman–Crippen MR) is 208 cm³/mol. The zero-order chi connectivity index (χ0) is 34.0. The molecule has 0 unspecified atom stereocenters. The number of hydrogen-bond donors (Lipinski definition) is 0. The third-order valence-corrected chi connectivity index (χ3v) is 17.2. The number of benzene rings is 1. The zero-order valence-electron chi connectivity index (χ0n) is 30.9. The first-order valence-electron chi connectivity index (χ1n) is 19.6. The molecule has 0 saturated carbocycles. The molecule has 0 heterocycles. The molecule has 46 heavy (non-hydrogen) atoms. The number of ether oxygens (including phenoxy) is 1. The number of hydrogen-bond acceptors (Lipinski definition) is 3. The van der Waals surface area contributed by atoms with E-state index < -0.39 is 6.83 Å². The van der Waals surface area contributed by atoms with Gasteiger partial charge in [-0.15, -0.1) is 0 Å². The van der Waals surface area contributed by atoms with Crippen molar-refractivity contribution >= 4 is 36.0 Å². The Kier molecular flexibility index (Phi) is 25.0. The average Bonchev–Trinajstić information content (AvgIpc) is 3.05. The summed E-state index contributed by atoms with van der Waals surface area (Å²) in [4.78, 5) is 14.4. The standard InChI is InChI=1S/C40H73Cl2O3P/c1-6-10-14-18-19-20-21-22-23-24-25-29-35-46(32-26-15-11-7-2,33-27-16-12-8-3,34-28-17-13-9-4)45-40(43)38-36(41)30-31-37(42)39(38)44-5/h30-31H,6-29,32-35H2,1-5H3. The molecule has 0 spiro atoms. The number of methoxy groups -OCH3 is 1. The summed E-state index contributed by atoms with van der Waals surface area (Å²) in [5.74, 6) is 0.0199. The fourth-order valence-corrected chi connectivity index (χ4v) is 14.0. The van der Waals surface area contributed by atoms with Crippen molar-refractivity contribution in [3.8, 4) is 5.75 Å². The Balaban J connectivity index is 3.26. The minimum atomic E-state index is -2.94. The number of halogens is 2. The second-order valence-corrected chi connectivity index (χ2v) is 20.6. The van der Waals surface area contributed by atoms with Gasteiger partial charge in [0.25, 0.3) is 0 Å². The van der Waals surface area contributed by atoms with Gasteiger partial charge in [0.2, 0.25) is 0 Å². The Labute approximate surface area is 296 Å². The maximum atomic E-state index is 14.4. The van der Waals surface area contributed by atoms with E-state index in [2.05, 4.69) is 27.7 Å². The normalized spacial score (nSPS) is 12.6. The van der Waals surface area contributed by atoms with Crippen molar-refractivity contribution < 1.29 is 14.1 Å². The summed E-state index contributed by atoms with van der Waals surface area (Å²) in [7, 11) is 1.56. The van der Waals surface area contributed by atoms with Crippen LogP contribution in [0.15, 0.2) is 12.1 Å². The van der Waals surface area contributed by atoms with Gasteiger partial charge in [-0.1, -0.05) is 13.3 Å². The van der Waals surface area contributed by atoms with Crippen LogP contribution in [0, 0.1) is 0 Å². The maximum absolute atomic E-state index is 14.4. The van der Waals surface area contributed by atoms with E-state index in [1.807, 2.05) is 0 Å². The molecule has 0 radical (unpaired) electrons. The van der Waals surface area contributed by atoms with Gasteiger partial charge in [0.1, 0.15) is 0 Å². The third-order valence-electron chi connectivity index (χ3n) is 10.1. The molecular weight excluding hydrogens is 630 g/mol. The predicted octanol–water partition coefficient (Wildman–Crippen LogP) is 15.1. The molecule has 0 aliphatic heterocycles. The van der Waals surface area contributed by atoms with Gasteiger partial charge < -0.3 is 0 Å². The molecule has 6 heteroatoms. The number of rotatable bonds is 31. The van der Waals surface area contributed by atoms with Crippen LogP contribution in [-0.2, 0) is 4.52 Å². The van der Waals surface area contributed by atoms with E-state index in [0.717, 1.165) is 50.3 Å². The van der Waals surface area contributed by atoms with Crippen LogP contribution in [0.3, 0.4) is 0 Å². The molecule has 0 bridgehead atoms. The molecule has 0 aromatic heterocycles. The molecule has 3 nitrogen and oxygen atoms in total. The van der Waals surface area contributed by atoms with Crippen molar-refractivity contribution in [2.45, 2.75) is 182 Å². The first-order valence-corrected chi connectivity index (χ1v) is 23.2. The van der Waals surface area contributed by atoms with E-state index in [9.17, 15) is 4.79 Å². The Morgan fingerprint density at radius 1 is 0.522 bits per heavy atom. The van der Waals surface area contributed by atoms with Crippen molar-refractivity contribution in [1.29, 1.82) is 0 Å². The molecule has 0 aliphatic carbocycles. The molecule has 0 N–H and O–H groups in total. The van der Waals surface area contributed by atoms with Crippen molar-refractivity contribution in [3.63, 3.8) is 0 Å². The van der Waals surface area contributed by atoms with Gasteiger partial charge in [-0.2, -0.15) is 0 Å². The molecule has 1 rings (SSSR count). The Bertz CT molecular complexity index is 888. The van der Waals surface area contributed by atoms with Crippen LogP contribution >= 0.6 is 30.0 Å². The van der Waals surface area contributed by atoms with E-state index >= 15 is 0 Å². The molecule has 0 saturated heterocycles. The molecular formula is C40H73Cl2O3P. The molecule has 0 aliphatic rings. The van der Waals surface area contributed by atoms with Gasteiger partial charge in [0.15, 0.2) is 0 Å². The van der Waals surface area contributed by atoms with E-state index in [-0.39, 0.29) is 5.97 Å². The fourth-order valence-electron chi connectivity index (χ4n) is 7.22. The second-order valence-electron chi connectivity index (χ2n) is 14.1. The van der Waals surface area contributed by atoms with Crippen molar-refractivity contribution in [1.82, 2.24) is 0 Å². The molecule has 0 atom stereocenters. The SMILES string of the molecule is CCCCCCCCCCCCCCP(CCCCCC)(CCCCCC)(CCCCCC)OC(=O)c1c(Cl)ccc(Cl)c1OC. The van der Waals surface area contributed by atoms with Crippen LogP contribution in [0.4, 0.5) is 0 Å². The third kappa shape index (κ3) is 16.7. The Hall–Kier alpha value is -0.500. The Morgan fingerprint density at radius 3 is 1.17 bits per heavy atom. The van der Waals surface area contributed by atoms with Crippen molar-refractivity contribution in [2.75, 3.05) is 31.8 Å². The van der Waals surface area contributed by atoms with E-state index in [1.165, 1.54) is 128 Å². The van der Waals surface area contributed by atoms with Crippen LogP contribution in [0.1, 0.15) is 192 Å². The topological polar surface area (TPSA) is 35.5 Å². The number of carbonyl (C=O) groups is 1. The van der Waals surface area contributed by atoms with Crippen LogP contribution < -0.4 is 4.74 Å². The van der Waals surface area contributed by atoms with E-state index in [1.54, 1.807) is 19.2 Å². The summed E-state index contributed by atoms with van der Waals surface area (Å²) < 4.78 is 12.8. The first-order chi connectivity index (χ1) is 22.3. The van der Waals surface area contributed by atoms with Crippen molar-refractivity contribution in [3.05, 3.63) is 27.7 Å². The summed E-state index contributed by atoms with van der Waals surface area (Å²) in [6, 6.07) is 3.40. The van der Waals surface area contributed by atoms with Gasteiger partial charge in [0, 0.05) is 0 Å². The number of unbranched alkanes of at least 4 members (excludes halogenated alkanes) is 20. The molecule has 0 amide bonds. The van der Waals surface area contributed by atoms with Gasteiger partial charge in [-0.3, -0.25) is 0 Å². The van der Waals surface area contributed by atoms with Gasteiger partial charge in [-0.05, 0) is 0 Å². The van der Waals surface area contributed by atoms with Crippen LogP contribution in [0.25, 0.3) is 0 Å². The van der Waals surface area contributed by atoms with Gasteiger partial charge in [0.05, 0.1) is 0 Å². The summed E-state index contributed by atoms with van der Waals surface area (Å²) in [5, 5.41) is 0.755. The van der Waals surface area contributed by atoms with E-state index in [0.29, 0.717) is 21.4 Å². The zero-order valence-corrected chi connectivity index (χ0v) is 33.3. The Morgan fingerprint density at radius 2 is 0.826 bits per heavy atom. The van der Waals surface area contributed by atoms with Gasteiger partial charge in [-0.25, -0.2) is 0 Å². The molecule has 1 aromatic carbocycles. The number of carbonyl (C=O) groups excluding carboxylic acids is 1. The minimum absolute atomic E-state index is 0.302. The monoisotopic (exact) mass is 702 g/mol. The molecule has 0 fully saturated rings. The summed E-state index contributed by atoms with van der Waals surface area (Å²) in [5.41, 5.74) is 0.302. The van der Waals surface area contributed by atoms with Crippen LogP contribution in [-0.4, -0.2) is 37.7 Å². The summed E-state index contributed by atoms with van der Waals surface area (Å²) in [6.07, 6.45) is 34.6. The van der Waals surface area contributed by atoms with Crippen LogP contribution in [0.2, 0.25) is 10.0 Å². The summed E-state index contributed by atoms with van der Waals surface area (Å²) in [6.45, 7) is 6.17. The average molecular weight is 704 g/mol. The summed E-state index contributed by atoms with van der Waals surface area (Å²) >= 11 is 13.2. The molecule has 1 aromatic rings. The van der Waals surface area contributed by atoms with Crippen molar-refractivity contribution in [2.24, 2.45) is 0 Å². The quantitative estimate of drug-likeness (QED) is 0.0570. The van der Waals surface area contributed by atoms with E-state index in [4.69, 9.17) is 32.5 Å². The van der Waals surface area contributed by atoms with Crippen LogP contribution in [0.5, 0.6) is 5.75 Å². The fraction of sp³-hybridized carbons (Fsp3) is 0.825. The van der Waals surface area contributed by atoms with Gasteiger partial charge >= 0.3 is 284 Å². The molecule has 270 valence electrons. The first kappa shape index (κ1) is 43.5. The second kappa shape index (κ2) is 26.4.